The highest BCUT2D eigenvalue weighted by molar-refractivity contribution is 7.89. The van der Waals surface area contributed by atoms with Crippen molar-refractivity contribution in [2.45, 2.75) is 12.8 Å². The summed E-state index contributed by atoms with van der Waals surface area (Å²) in [5.74, 6) is 0.869. The molecule has 1 N–H and O–H groups in total. The maximum absolute atomic E-state index is 11.7. The molecule has 5 nitrogen and oxygen atoms in total. The van der Waals surface area contributed by atoms with Crippen LogP contribution in [-0.2, 0) is 14.8 Å². The lowest BCUT2D eigenvalue weighted by atomic mass is 10.5. The van der Waals surface area contributed by atoms with Crippen molar-refractivity contribution in [3.8, 4) is 0 Å². The number of nitrogens with one attached hydrogen (secondary N) is 1. The first-order valence-corrected chi connectivity index (χ1v) is 7.33. The van der Waals surface area contributed by atoms with Crippen LogP contribution in [0.4, 0.5) is 0 Å². The van der Waals surface area contributed by atoms with Gasteiger partial charge < -0.3 is 10.1 Å². The average molecular weight is 250 g/mol. The predicted molar refractivity (Wildman–Crippen MR) is 63.9 cm³/mol. The molecule has 1 rings (SSSR count). The quantitative estimate of drug-likeness (QED) is 0.580. The Hall–Kier alpha value is -0.170. The summed E-state index contributed by atoms with van der Waals surface area (Å²) in [6.45, 7) is 2.20. The molecule has 1 fully saturated rings. The summed E-state index contributed by atoms with van der Waals surface area (Å²) in [5.41, 5.74) is 0. The zero-order valence-corrected chi connectivity index (χ0v) is 10.9. The Labute approximate surface area is 98.2 Å². The summed E-state index contributed by atoms with van der Waals surface area (Å²) in [4.78, 5) is 0. The molecular formula is C10H22N2O3S. The van der Waals surface area contributed by atoms with Crippen LogP contribution in [-0.4, -0.2) is 58.9 Å². The van der Waals surface area contributed by atoms with Gasteiger partial charge in [0.1, 0.15) is 0 Å². The van der Waals surface area contributed by atoms with Gasteiger partial charge in [0.2, 0.25) is 10.0 Å². The number of hydrogen-bond acceptors (Lipinski definition) is 4. The van der Waals surface area contributed by atoms with Gasteiger partial charge in [-0.1, -0.05) is 0 Å². The van der Waals surface area contributed by atoms with Gasteiger partial charge in [0.15, 0.2) is 0 Å². The summed E-state index contributed by atoms with van der Waals surface area (Å²) in [6.07, 6.45) is 2.52. The van der Waals surface area contributed by atoms with Crippen molar-refractivity contribution in [1.82, 2.24) is 9.62 Å². The molecule has 0 aromatic carbocycles. The fraction of sp³-hybridized carbons (Fsp3) is 1.00. The average Bonchev–Trinajstić information content (AvgIpc) is 3.05. The second-order valence-electron chi connectivity index (χ2n) is 4.26. The van der Waals surface area contributed by atoms with Gasteiger partial charge in [0.25, 0.3) is 0 Å². The van der Waals surface area contributed by atoms with Crippen LogP contribution in [0.25, 0.3) is 0 Å². The minimum Gasteiger partial charge on any atom is -0.380 e. The summed E-state index contributed by atoms with van der Waals surface area (Å²) < 4.78 is 30.1. The highest BCUT2D eigenvalue weighted by Crippen LogP contribution is 2.28. The first-order valence-electron chi connectivity index (χ1n) is 5.72. The maximum atomic E-state index is 11.7. The Kier molecular flexibility index (Phi) is 5.68. The minimum atomic E-state index is -3.12. The maximum Gasteiger partial charge on any atom is 0.215 e. The molecule has 0 saturated heterocycles. The number of ether oxygens (including phenoxy) is 1. The van der Waals surface area contributed by atoms with Crippen LogP contribution in [0, 0.1) is 5.92 Å². The van der Waals surface area contributed by atoms with Gasteiger partial charge in [0, 0.05) is 26.7 Å². The number of likely N-dealkylation sites (N-methyl/N-ethyl adjacent to an activating group) is 1. The van der Waals surface area contributed by atoms with E-state index in [0.29, 0.717) is 19.7 Å². The molecule has 6 heteroatoms. The van der Waals surface area contributed by atoms with Crippen molar-refractivity contribution < 1.29 is 13.2 Å². The van der Waals surface area contributed by atoms with E-state index in [1.807, 2.05) is 0 Å². The lowest BCUT2D eigenvalue weighted by molar-refractivity contribution is 0.117. The van der Waals surface area contributed by atoms with Crippen molar-refractivity contribution in [2.75, 3.05) is 46.2 Å². The number of nitrogens with zero attached hydrogens (tertiary/aromatic N) is 1. The first-order chi connectivity index (χ1) is 7.56. The molecule has 0 radical (unpaired) electrons. The predicted octanol–water partition coefficient (Wildman–Crippen LogP) is -0.106. The molecule has 0 heterocycles. The van der Waals surface area contributed by atoms with E-state index in [4.69, 9.17) is 4.74 Å². The van der Waals surface area contributed by atoms with E-state index in [1.54, 1.807) is 14.1 Å². The summed E-state index contributed by atoms with van der Waals surface area (Å²) in [7, 11) is 0.230. The third-order valence-corrected chi connectivity index (χ3v) is 4.54. The Morgan fingerprint density at radius 2 is 2.12 bits per heavy atom. The minimum absolute atomic E-state index is 0.141. The molecule has 0 aliphatic heterocycles. The van der Waals surface area contributed by atoms with Crippen LogP contribution in [0.15, 0.2) is 0 Å². The Morgan fingerprint density at radius 3 is 2.69 bits per heavy atom. The molecule has 16 heavy (non-hydrogen) atoms. The highest BCUT2D eigenvalue weighted by atomic mass is 32.2. The van der Waals surface area contributed by atoms with Gasteiger partial charge in [-0.25, -0.2) is 12.7 Å². The summed E-state index contributed by atoms with van der Waals surface area (Å²) in [5, 5.41) is 2.83. The van der Waals surface area contributed by atoms with Crippen molar-refractivity contribution in [3.63, 3.8) is 0 Å². The second kappa shape index (κ2) is 6.54. The molecule has 0 bridgehead atoms. The Balaban J connectivity index is 2.13. The van der Waals surface area contributed by atoms with Crippen molar-refractivity contribution in [1.29, 1.82) is 0 Å². The third kappa shape index (κ3) is 5.25. The molecule has 1 saturated carbocycles. The van der Waals surface area contributed by atoms with E-state index in [2.05, 4.69) is 5.32 Å². The fourth-order valence-corrected chi connectivity index (χ4v) is 2.38. The van der Waals surface area contributed by atoms with Crippen molar-refractivity contribution >= 4 is 10.0 Å². The smallest absolute Gasteiger partial charge is 0.215 e. The molecule has 0 spiro atoms. The van der Waals surface area contributed by atoms with Gasteiger partial charge in [0.05, 0.1) is 12.4 Å². The Bertz CT molecular complexity index is 288. The van der Waals surface area contributed by atoms with Crippen LogP contribution < -0.4 is 5.32 Å². The van der Waals surface area contributed by atoms with Gasteiger partial charge >= 0.3 is 0 Å². The lowest BCUT2D eigenvalue weighted by Gasteiger charge is -2.16. The van der Waals surface area contributed by atoms with Crippen LogP contribution in [0.2, 0.25) is 0 Å². The SMILES string of the molecule is CNCCS(=O)(=O)N(C)CCOCC1CC1. The van der Waals surface area contributed by atoms with E-state index in [0.717, 1.165) is 12.5 Å². The van der Waals surface area contributed by atoms with E-state index in [-0.39, 0.29) is 5.75 Å². The molecule has 0 atom stereocenters. The van der Waals surface area contributed by atoms with E-state index in [9.17, 15) is 8.42 Å². The Morgan fingerprint density at radius 1 is 1.44 bits per heavy atom. The van der Waals surface area contributed by atoms with Gasteiger partial charge in [-0.05, 0) is 25.8 Å². The van der Waals surface area contributed by atoms with E-state index >= 15 is 0 Å². The van der Waals surface area contributed by atoms with E-state index < -0.39 is 10.0 Å². The van der Waals surface area contributed by atoms with Gasteiger partial charge in [-0.3, -0.25) is 0 Å². The van der Waals surface area contributed by atoms with Gasteiger partial charge in [-0.2, -0.15) is 0 Å². The molecule has 96 valence electrons. The van der Waals surface area contributed by atoms with Gasteiger partial charge in [-0.15, -0.1) is 0 Å². The summed E-state index contributed by atoms with van der Waals surface area (Å²) >= 11 is 0. The fourth-order valence-electron chi connectivity index (χ4n) is 1.25. The summed E-state index contributed by atoms with van der Waals surface area (Å²) in [6, 6.07) is 0. The number of hydrogen-bond donors (Lipinski definition) is 1. The van der Waals surface area contributed by atoms with Crippen molar-refractivity contribution in [2.24, 2.45) is 5.92 Å². The number of sulfonamides is 1. The van der Waals surface area contributed by atoms with Crippen LogP contribution >= 0.6 is 0 Å². The number of rotatable bonds is 9. The second-order valence-corrected chi connectivity index (χ2v) is 6.45. The molecule has 0 unspecified atom stereocenters. The van der Waals surface area contributed by atoms with E-state index in [1.165, 1.54) is 17.1 Å². The standard InChI is InChI=1S/C10H22N2O3S/c1-11-5-8-16(13,14)12(2)6-7-15-9-10-3-4-10/h10-11H,3-9H2,1-2H3. The van der Waals surface area contributed by atoms with Crippen molar-refractivity contribution in [3.05, 3.63) is 0 Å². The lowest BCUT2D eigenvalue weighted by Crippen LogP contribution is -2.35. The topological polar surface area (TPSA) is 58.6 Å². The first kappa shape index (κ1) is 13.9. The molecule has 1 aliphatic carbocycles. The highest BCUT2D eigenvalue weighted by Gasteiger charge is 2.21. The van der Waals surface area contributed by atoms with Crippen LogP contribution in [0.1, 0.15) is 12.8 Å². The largest absolute Gasteiger partial charge is 0.380 e. The normalized spacial score (nSPS) is 16.9. The molecular weight excluding hydrogens is 228 g/mol. The third-order valence-electron chi connectivity index (χ3n) is 2.69. The van der Waals surface area contributed by atoms with Crippen LogP contribution in [0.3, 0.4) is 0 Å². The monoisotopic (exact) mass is 250 g/mol. The molecule has 0 aromatic heterocycles. The van der Waals surface area contributed by atoms with Crippen LogP contribution in [0.5, 0.6) is 0 Å². The molecule has 1 aliphatic rings. The molecule has 0 aromatic rings. The zero-order valence-electron chi connectivity index (χ0n) is 10.1. The molecule has 0 amide bonds. The zero-order chi connectivity index (χ0) is 12.0.